The van der Waals surface area contributed by atoms with E-state index < -0.39 is 11.9 Å². The Morgan fingerprint density at radius 3 is 2.83 bits per heavy atom. The van der Waals surface area contributed by atoms with Crippen LogP contribution in [0.25, 0.3) is 0 Å². The van der Waals surface area contributed by atoms with Crippen LogP contribution in [0.2, 0.25) is 0 Å². The molecule has 1 aliphatic rings. The number of hydrogen-bond acceptors (Lipinski definition) is 6. The van der Waals surface area contributed by atoms with E-state index in [2.05, 4.69) is 15.5 Å². The molecule has 3 rings (SSSR count). The molecule has 0 radical (unpaired) electrons. The fourth-order valence-electron chi connectivity index (χ4n) is 2.76. The van der Waals surface area contributed by atoms with Gasteiger partial charge in [0.25, 0.3) is 5.89 Å². The predicted molar refractivity (Wildman–Crippen MR) is 82.3 cm³/mol. The third kappa shape index (κ3) is 3.75. The van der Waals surface area contributed by atoms with Gasteiger partial charge >= 0.3 is 0 Å². The Hall–Kier alpha value is -2.25. The quantitative estimate of drug-likeness (QED) is 0.835. The molecular weight excluding hydrogens is 296 g/mol. The van der Waals surface area contributed by atoms with Crippen LogP contribution in [0.3, 0.4) is 0 Å². The number of hydrogen-bond donors (Lipinski definition) is 2. The third-order valence-electron chi connectivity index (χ3n) is 3.89. The van der Waals surface area contributed by atoms with E-state index in [1.807, 2.05) is 30.3 Å². The van der Waals surface area contributed by atoms with Crippen LogP contribution in [-0.2, 0) is 9.53 Å². The van der Waals surface area contributed by atoms with Crippen molar-refractivity contribution in [1.82, 2.24) is 15.5 Å². The van der Waals surface area contributed by atoms with Crippen molar-refractivity contribution in [2.75, 3.05) is 6.54 Å². The molecule has 0 aliphatic carbocycles. The van der Waals surface area contributed by atoms with Crippen LogP contribution in [0, 0.1) is 6.92 Å². The minimum atomic E-state index is -0.524. The Labute approximate surface area is 134 Å². The lowest BCUT2D eigenvalue weighted by Crippen LogP contribution is -2.37. The molecule has 1 fully saturated rings. The van der Waals surface area contributed by atoms with Crippen LogP contribution in [0.4, 0.5) is 0 Å². The molecule has 1 unspecified atom stereocenters. The van der Waals surface area contributed by atoms with Gasteiger partial charge in [0, 0.05) is 6.54 Å². The van der Waals surface area contributed by atoms with Gasteiger partial charge in [0.2, 0.25) is 5.91 Å². The first-order chi connectivity index (χ1) is 11.1. The lowest BCUT2D eigenvalue weighted by Gasteiger charge is -2.19. The van der Waals surface area contributed by atoms with Gasteiger partial charge in [0.1, 0.15) is 12.1 Å². The highest BCUT2D eigenvalue weighted by atomic mass is 16.5. The van der Waals surface area contributed by atoms with Gasteiger partial charge in [-0.3, -0.25) is 10.1 Å². The summed E-state index contributed by atoms with van der Waals surface area (Å²) in [6.07, 6.45) is 1.49. The van der Waals surface area contributed by atoms with Gasteiger partial charge in [0.05, 0.1) is 6.10 Å². The highest BCUT2D eigenvalue weighted by Crippen LogP contribution is 2.31. The maximum Gasteiger partial charge on any atom is 0.255 e. The summed E-state index contributed by atoms with van der Waals surface area (Å²) in [4.78, 5) is 15.9. The first-order valence-corrected chi connectivity index (χ1v) is 7.67. The molecule has 1 aromatic carbocycles. The highest BCUT2D eigenvalue weighted by Gasteiger charge is 2.31. The van der Waals surface area contributed by atoms with Crippen molar-refractivity contribution in [3.05, 3.63) is 47.6 Å². The molecule has 7 heteroatoms. The van der Waals surface area contributed by atoms with E-state index in [0.29, 0.717) is 18.3 Å². The fourth-order valence-corrected chi connectivity index (χ4v) is 2.76. The molecule has 3 N–H and O–H groups in total. The Morgan fingerprint density at radius 2 is 2.17 bits per heavy atom. The Morgan fingerprint density at radius 1 is 1.39 bits per heavy atom. The topological polar surface area (TPSA) is 103 Å². The molecule has 0 saturated carbocycles. The van der Waals surface area contributed by atoms with E-state index in [-0.39, 0.29) is 12.2 Å². The summed E-state index contributed by atoms with van der Waals surface area (Å²) in [6, 6.07) is 8.90. The molecule has 2 heterocycles. The fraction of sp³-hybridized carbons (Fsp3) is 0.438. The zero-order valence-corrected chi connectivity index (χ0v) is 12.9. The zero-order chi connectivity index (χ0) is 16.2. The summed E-state index contributed by atoms with van der Waals surface area (Å²) in [5, 5.41) is 6.97. The molecule has 1 aromatic heterocycles. The third-order valence-corrected chi connectivity index (χ3v) is 3.89. The first kappa shape index (κ1) is 15.6. The summed E-state index contributed by atoms with van der Waals surface area (Å²) >= 11 is 0. The first-order valence-electron chi connectivity index (χ1n) is 7.67. The van der Waals surface area contributed by atoms with Gasteiger partial charge in [0.15, 0.2) is 5.82 Å². The van der Waals surface area contributed by atoms with Crippen LogP contribution in [0.15, 0.2) is 34.9 Å². The Balaban J connectivity index is 1.56. The molecule has 0 spiro atoms. The van der Waals surface area contributed by atoms with Crippen LogP contribution >= 0.6 is 0 Å². The maximum absolute atomic E-state index is 11.7. The Bertz CT molecular complexity index is 658. The normalized spacial score (nSPS) is 22.1. The minimum Gasteiger partial charge on any atom is -0.368 e. The molecule has 2 aromatic rings. The van der Waals surface area contributed by atoms with Crippen molar-refractivity contribution < 1.29 is 14.1 Å². The lowest BCUT2D eigenvalue weighted by molar-refractivity contribution is -0.120. The van der Waals surface area contributed by atoms with Crippen molar-refractivity contribution in [1.29, 1.82) is 0 Å². The molecule has 23 heavy (non-hydrogen) atoms. The van der Waals surface area contributed by atoms with Crippen LogP contribution in [0.5, 0.6) is 0 Å². The summed E-state index contributed by atoms with van der Waals surface area (Å²) < 4.78 is 11.1. The van der Waals surface area contributed by atoms with Crippen molar-refractivity contribution in [3.8, 4) is 0 Å². The summed E-state index contributed by atoms with van der Waals surface area (Å²) in [5.41, 5.74) is 6.35. The number of ether oxygens (including phenoxy) is 1. The Kier molecular flexibility index (Phi) is 4.68. The molecule has 7 nitrogen and oxygen atoms in total. The molecule has 1 aliphatic heterocycles. The minimum absolute atomic E-state index is 0.0160. The average molecular weight is 316 g/mol. The number of nitrogens with zero attached hydrogens (tertiary/aromatic N) is 2. The second kappa shape index (κ2) is 6.89. The van der Waals surface area contributed by atoms with Crippen molar-refractivity contribution in [2.24, 2.45) is 5.73 Å². The lowest BCUT2D eigenvalue weighted by atomic mass is 10.1. The molecule has 122 valence electrons. The number of rotatable bonds is 6. The number of carbonyl (C=O) groups is 1. The van der Waals surface area contributed by atoms with Crippen molar-refractivity contribution in [3.63, 3.8) is 0 Å². The number of aryl methyl sites for hydroxylation is 1. The van der Waals surface area contributed by atoms with E-state index in [9.17, 15) is 4.79 Å². The van der Waals surface area contributed by atoms with Gasteiger partial charge in [-0.25, -0.2) is 0 Å². The molecule has 1 saturated heterocycles. The number of benzene rings is 1. The summed E-state index contributed by atoms with van der Waals surface area (Å²) in [5.74, 6) is 0.709. The maximum atomic E-state index is 11.7. The van der Waals surface area contributed by atoms with Gasteiger partial charge < -0.3 is 15.0 Å². The van der Waals surface area contributed by atoms with E-state index in [1.54, 1.807) is 6.92 Å². The molecule has 1 amide bonds. The number of nitrogens with two attached hydrogens (primary N) is 1. The highest BCUT2D eigenvalue weighted by molar-refractivity contribution is 5.81. The van der Waals surface area contributed by atoms with Gasteiger partial charge in [-0.05, 0) is 25.3 Å². The predicted octanol–water partition coefficient (Wildman–Crippen LogP) is 1.41. The number of carbonyl (C=O) groups excluding carboxylic acids is 1. The van der Waals surface area contributed by atoms with Gasteiger partial charge in [-0.2, -0.15) is 4.98 Å². The second-order valence-corrected chi connectivity index (χ2v) is 5.66. The van der Waals surface area contributed by atoms with Crippen LogP contribution < -0.4 is 11.1 Å². The van der Waals surface area contributed by atoms with Crippen molar-refractivity contribution in [2.45, 2.75) is 38.0 Å². The van der Waals surface area contributed by atoms with E-state index in [0.717, 1.165) is 18.4 Å². The molecular formula is C16H20N4O3. The standard InChI is InChI=1S/C16H20N4O3/c1-10-19-16(23-20-10)13-8-7-12(22-13)9-18-14(15(17)21)11-5-3-2-4-6-11/h2-6,12-14,18H,7-9H2,1H3,(H2,17,21)/t12-,13+,14?/m1/s1. The number of aromatic nitrogens is 2. The molecule has 3 atom stereocenters. The summed E-state index contributed by atoms with van der Waals surface area (Å²) in [6.45, 7) is 2.31. The van der Waals surface area contributed by atoms with Crippen LogP contribution in [0.1, 0.15) is 42.3 Å². The molecule has 0 bridgehead atoms. The van der Waals surface area contributed by atoms with Crippen molar-refractivity contribution >= 4 is 5.91 Å². The van der Waals surface area contributed by atoms with E-state index in [1.165, 1.54) is 0 Å². The van der Waals surface area contributed by atoms with Gasteiger partial charge in [-0.1, -0.05) is 35.5 Å². The summed E-state index contributed by atoms with van der Waals surface area (Å²) in [7, 11) is 0. The van der Waals surface area contributed by atoms with Gasteiger partial charge in [-0.15, -0.1) is 0 Å². The van der Waals surface area contributed by atoms with E-state index in [4.69, 9.17) is 15.0 Å². The number of amides is 1. The van der Waals surface area contributed by atoms with Crippen LogP contribution in [-0.4, -0.2) is 28.7 Å². The number of nitrogens with one attached hydrogen (secondary N) is 1. The average Bonchev–Trinajstić information content (AvgIpc) is 3.17. The second-order valence-electron chi connectivity index (χ2n) is 5.66. The zero-order valence-electron chi connectivity index (χ0n) is 12.9. The SMILES string of the molecule is Cc1noc([C@@H]2CC[C@H](CNC(C(N)=O)c3ccccc3)O2)n1. The number of primary amides is 1. The monoisotopic (exact) mass is 316 g/mol. The smallest absolute Gasteiger partial charge is 0.255 e. The van der Waals surface area contributed by atoms with E-state index >= 15 is 0 Å². The largest absolute Gasteiger partial charge is 0.368 e.